The third-order valence-electron chi connectivity index (χ3n) is 2.25. The van der Waals surface area contributed by atoms with Crippen LogP contribution in [0.4, 0.5) is 0 Å². The fraction of sp³-hybridized carbons (Fsp3) is 0.400. The summed E-state index contributed by atoms with van der Waals surface area (Å²) in [5.41, 5.74) is 0.668. The van der Waals surface area contributed by atoms with Gasteiger partial charge in [-0.3, -0.25) is 0 Å². The second-order valence-corrected chi connectivity index (χ2v) is 5.22. The van der Waals surface area contributed by atoms with Gasteiger partial charge in [-0.25, -0.2) is 13.6 Å². The van der Waals surface area contributed by atoms with E-state index in [1.165, 1.54) is 19.2 Å². The van der Waals surface area contributed by atoms with Crippen LogP contribution in [0.2, 0.25) is 0 Å². The fourth-order valence-electron chi connectivity index (χ4n) is 1.45. The summed E-state index contributed by atoms with van der Waals surface area (Å²) in [6.45, 7) is 1.65. The smallest absolute Gasteiger partial charge is 0.241 e. The first kappa shape index (κ1) is 13.6. The van der Waals surface area contributed by atoms with Gasteiger partial charge >= 0.3 is 0 Å². The van der Waals surface area contributed by atoms with Crippen molar-refractivity contribution < 1.29 is 13.2 Å². The molecule has 1 aromatic rings. The molecule has 94 valence electrons. The van der Waals surface area contributed by atoms with Gasteiger partial charge in [-0.2, -0.15) is 4.91 Å². The summed E-state index contributed by atoms with van der Waals surface area (Å²) in [7, 11) is -2.48. The first-order valence-corrected chi connectivity index (χ1v) is 6.45. The van der Waals surface area contributed by atoms with Crippen molar-refractivity contribution in [2.75, 3.05) is 7.11 Å². The molecule has 1 unspecified atom stereocenters. The van der Waals surface area contributed by atoms with Crippen LogP contribution in [0.25, 0.3) is 0 Å². The van der Waals surface area contributed by atoms with Crippen molar-refractivity contribution in [1.82, 2.24) is 0 Å². The van der Waals surface area contributed by atoms with E-state index in [1.807, 2.05) is 0 Å². The van der Waals surface area contributed by atoms with Gasteiger partial charge in [0.1, 0.15) is 10.6 Å². The Bertz CT molecular complexity index is 513. The highest BCUT2D eigenvalue weighted by Crippen LogP contribution is 2.24. The third-order valence-corrected chi connectivity index (χ3v) is 3.18. The Kier molecular flexibility index (Phi) is 4.19. The maximum Gasteiger partial charge on any atom is 0.241 e. The van der Waals surface area contributed by atoms with Gasteiger partial charge in [0.15, 0.2) is 0 Å². The van der Waals surface area contributed by atoms with E-state index in [0.717, 1.165) is 0 Å². The largest absolute Gasteiger partial charge is 0.495 e. The van der Waals surface area contributed by atoms with Crippen molar-refractivity contribution in [3.8, 4) is 5.75 Å². The van der Waals surface area contributed by atoms with Crippen molar-refractivity contribution in [1.29, 1.82) is 0 Å². The molecule has 7 heteroatoms. The number of hydrogen-bond donors (Lipinski definition) is 1. The van der Waals surface area contributed by atoms with Crippen LogP contribution in [0.1, 0.15) is 12.5 Å². The minimum Gasteiger partial charge on any atom is -0.495 e. The summed E-state index contributed by atoms with van der Waals surface area (Å²) in [5, 5.41) is 7.93. The molecule has 0 aliphatic carbocycles. The van der Waals surface area contributed by atoms with Crippen molar-refractivity contribution in [2.45, 2.75) is 24.3 Å². The molecule has 0 aliphatic heterocycles. The predicted octanol–water partition coefficient (Wildman–Crippen LogP) is 1.04. The molecular formula is C10H14N2O4S. The number of hydrogen-bond acceptors (Lipinski definition) is 5. The van der Waals surface area contributed by atoms with E-state index < -0.39 is 16.1 Å². The molecule has 1 rings (SSSR count). The van der Waals surface area contributed by atoms with Gasteiger partial charge in [-0.15, -0.1) is 0 Å². The van der Waals surface area contributed by atoms with E-state index in [0.29, 0.717) is 12.0 Å². The Labute approximate surface area is 99.8 Å². The van der Waals surface area contributed by atoms with Gasteiger partial charge < -0.3 is 4.74 Å². The minimum absolute atomic E-state index is 0.0874. The lowest BCUT2D eigenvalue weighted by atomic mass is 10.1. The second kappa shape index (κ2) is 5.24. The quantitative estimate of drug-likeness (QED) is 0.797. The van der Waals surface area contributed by atoms with Crippen molar-refractivity contribution in [2.24, 2.45) is 10.3 Å². The van der Waals surface area contributed by atoms with Crippen LogP contribution in [0.15, 0.2) is 28.3 Å². The summed E-state index contributed by atoms with van der Waals surface area (Å²) >= 11 is 0. The molecule has 0 aliphatic rings. The number of methoxy groups -OCH3 is 1. The summed E-state index contributed by atoms with van der Waals surface area (Å²) in [5.74, 6) is 0.183. The normalized spacial score (nSPS) is 13.1. The Morgan fingerprint density at radius 1 is 1.47 bits per heavy atom. The number of primary sulfonamides is 1. The van der Waals surface area contributed by atoms with Gasteiger partial charge in [-0.1, -0.05) is 11.2 Å². The highest BCUT2D eigenvalue weighted by Gasteiger charge is 2.16. The van der Waals surface area contributed by atoms with E-state index in [-0.39, 0.29) is 10.6 Å². The number of nitrogens with zero attached hydrogens (tertiary/aromatic N) is 1. The lowest BCUT2D eigenvalue weighted by molar-refractivity contribution is 0.402. The van der Waals surface area contributed by atoms with E-state index >= 15 is 0 Å². The molecule has 6 nitrogen and oxygen atoms in total. The van der Waals surface area contributed by atoms with E-state index in [2.05, 4.69) is 5.18 Å². The summed E-state index contributed by atoms with van der Waals surface area (Å²) in [6, 6.07) is 4.16. The van der Waals surface area contributed by atoms with Gasteiger partial charge in [0.25, 0.3) is 0 Å². The van der Waals surface area contributed by atoms with E-state index in [4.69, 9.17) is 9.88 Å². The number of benzene rings is 1. The number of ether oxygens (including phenoxy) is 1. The zero-order valence-electron chi connectivity index (χ0n) is 9.58. The number of nitrogens with two attached hydrogens (primary N) is 1. The zero-order chi connectivity index (χ0) is 13.1. The molecule has 0 bridgehead atoms. The van der Waals surface area contributed by atoms with Crippen molar-refractivity contribution >= 4 is 10.0 Å². The molecule has 0 radical (unpaired) electrons. The van der Waals surface area contributed by atoms with Crippen LogP contribution in [0, 0.1) is 4.91 Å². The van der Waals surface area contributed by atoms with Crippen LogP contribution in [0.3, 0.4) is 0 Å². The fourth-order valence-corrected chi connectivity index (χ4v) is 2.20. The first-order chi connectivity index (χ1) is 7.88. The average molecular weight is 258 g/mol. The SMILES string of the molecule is COc1ccc(CC(C)N=O)cc1S(N)(=O)=O. The minimum atomic E-state index is -3.84. The molecule has 17 heavy (non-hydrogen) atoms. The molecule has 0 saturated heterocycles. The number of nitroso groups, excluding NO2 is 1. The molecule has 0 amide bonds. The Morgan fingerprint density at radius 3 is 2.59 bits per heavy atom. The molecule has 1 atom stereocenters. The maximum atomic E-state index is 11.3. The molecule has 0 spiro atoms. The highest BCUT2D eigenvalue weighted by molar-refractivity contribution is 7.89. The number of rotatable bonds is 5. The Morgan fingerprint density at radius 2 is 2.12 bits per heavy atom. The molecule has 2 N–H and O–H groups in total. The molecule has 1 aromatic carbocycles. The molecular weight excluding hydrogens is 244 g/mol. The second-order valence-electron chi connectivity index (χ2n) is 3.69. The van der Waals surface area contributed by atoms with Gasteiger partial charge in [0, 0.05) is 0 Å². The number of sulfonamides is 1. The molecule has 0 saturated carbocycles. The zero-order valence-corrected chi connectivity index (χ0v) is 10.4. The van der Waals surface area contributed by atoms with Crippen LogP contribution in [0.5, 0.6) is 5.75 Å². The molecule has 0 fully saturated rings. The van der Waals surface area contributed by atoms with E-state index in [1.54, 1.807) is 13.0 Å². The van der Waals surface area contributed by atoms with Crippen LogP contribution in [-0.2, 0) is 16.4 Å². The Hall–Kier alpha value is -1.47. The topological polar surface area (TPSA) is 98.8 Å². The van der Waals surface area contributed by atoms with Crippen molar-refractivity contribution in [3.05, 3.63) is 28.7 Å². The summed E-state index contributed by atoms with van der Waals surface area (Å²) in [4.78, 5) is 10.2. The van der Waals surface area contributed by atoms with Crippen LogP contribution >= 0.6 is 0 Å². The first-order valence-electron chi connectivity index (χ1n) is 4.90. The average Bonchev–Trinajstić information content (AvgIpc) is 2.27. The third kappa shape index (κ3) is 3.50. The molecule has 0 heterocycles. The highest BCUT2D eigenvalue weighted by atomic mass is 32.2. The van der Waals surface area contributed by atoms with Crippen LogP contribution < -0.4 is 9.88 Å². The van der Waals surface area contributed by atoms with E-state index in [9.17, 15) is 13.3 Å². The monoisotopic (exact) mass is 258 g/mol. The lowest BCUT2D eigenvalue weighted by Crippen LogP contribution is -2.14. The van der Waals surface area contributed by atoms with Gasteiger partial charge in [0.2, 0.25) is 10.0 Å². The summed E-state index contributed by atoms with van der Waals surface area (Å²) < 4.78 is 27.6. The lowest BCUT2D eigenvalue weighted by Gasteiger charge is -2.09. The Balaban J connectivity index is 3.18. The predicted molar refractivity (Wildman–Crippen MR) is 63.3 cm³/mol. The van der Waals surface area contributed by atoms with Crippen molar-refractivity contribution in [3.63, 3.8) is 0 Å². The maximum absolute atomic E-state index is 11.3. The molecule has 0 aromatic heterocycles. The van der Waals surface area contributed by atoms with Crippen LogP contribution in [-0.4, -0.2) is 21.6 Å². The summed E-state index contributed by atoms with van der Waals surface area (Å²) in [6.07, 6.45) is 0.357. The van der Waals surface area contributed by atoms with Gasteiger partial charge in [0.05, 0.1) is 13.2 Å². The van der Waals surface area contributed by atoms with Gasteiger partial charge in [-0.05, 0) is 31.0 Å². The standard InChI is InChI=1S/C10H14N2O4S/c1-7(12-13)5-8-3-4-9(16-2)10(6-8)17(11,14)15/h3-4,6-7H,5H2,1-2H3,(H2,11,14,15).